The largest absolute Gasteiger partial charge is 0.496 e. The van der Waals surface area contributed by atoms with E-state index in [9.17, 15) is 4.79 Å². The van der Waals surface area contributed by atoms with Crippen LogP contribution in [0.15, 0.2) is 54.7 Å². The molecule has 0 bridgehead atoms. The molecule has 1 aliphatic carbocycles. The van der Waals surface area contributed by atoms with Crippen LogP contribution >= 0.6 is 0 Å². The standard InChI is InChI=1S/C25H30N2O2/c1-27-17-22(19-12-6-8-14-23(19)27)21(20-13-7-9-15-24(20)29-2)16-25(28)26-18-10-4-3-5-11-18/h6-9,12-15,17-18,21H,3-5,10-11,16H2,1-2H3,(H,26,28). The number of fused-ring (bicyclic) bond motifs is 1. The van der Waals surface area contributed by atoms with Gasteiger partial charge in [-0.3, -0.25) is 4.79 Å². The summed E-state index contributed by atoms with van der Waals surface area (Å²) in [4.78, 5) is 13.1. The van der Waals surface area contributed by atoms with Crippen molar-refractivity contribution in [3.8, 4) is 5.75 Å². The molecule has 1 fully saturated rings. The highest BCUT2D eigenvalue weighted by molar-refractivity contribution is 5.87. The van der Waals surface area contributed by atoms with E-state index in [1.807, 2.05) is 18.2 Å². The second-order valence-corrected chi connectivity index (χ2v) is 8.11. The summed E-state index contributed by atoms with van der Waals surface area (Å²) in [6, 6.07) is 16.8. The second kappa shape index (κ2) is 8.73. The van der Waals surface area contributed by atoms with Crippen LogP contribution in [0.3, 0.4) is 0 Å². The van der Waals surface area contributed by atoms with E-state index < -0.39 is 0 Å². The summed E-state index contributed by atoms with van der Waals surface area (Å²) in [7, 11) is 3.76. The van der Waals surface area contributed by atoms with Crippen LogP contribution in [-0.4, -0.2) is 23.6 Å². The highest BCUT2D eigenvalue weighted by Crippen LogP contribution is 2.38. The van der Waals surface area contributed by atoms with E-state index in [1.54, 1.807) is 7.11 Å². The number of aromatic nitrogens is 1. The summed E-state index contributed by atoms with van der Waals surface area (Å²) in [5.74, 6) is 0.900. The van der Waals surface area contributed by atoms with Crippen LogP contribution < -0.4 is 10.1 Å². The Labute approximate surface area is 172 Å². The van der Waals surface area contributed by atoms with Gasteiger partial charge in [0, 0.05) is 48.1 Å². The molecule has 2 aromatic carbocycles. The Morgan fingerprint density at radius 3 is 2.59 bits per heavy atom. The van der Waals surface area contributed by atoms with Crippen LogP contribution in [0.1, 0.15) is 55.6 Å². The zero-order valence-electron chi connectivity index (χ0n) is 17.4. The van der Waals surface area contributed by atoms with Crippen LogP contribution in [0.2, 0.25) is 0 Å². The van der Waals surface area contributed by atoms with Crippen molar-refractivity contribution in [1.82, 2.24) is 9.88 Å². The van der Waals surface area contributed by atoms with Crippen molar-refractivity contribution in [3.63, 3.8) is 0 Å². The lowest BCUT2D eigenvalue weighted by Crippen LogP contribution is -2.36. The van der Waals surface area contributed by atoms with E-state index in [2.05, 4.69) is 53.5 Å². The molecule has 1 saturated carbocycles. The predicted molar refractivity (Wildman–Crippen MR) is 117 cm³/mol. The van der Waals surface area contributed by atoms with Crippen LogP contribution in [-0.2, 0) is 11.8 Å². The van der Waals surface area contributed by atoms with E-state index in [4.69, 9.17) is 4.74 Å². The van der Waals surface area contributed by atoms with Gasteiger partial charge >= 0.3 is 0 Å². The Kier molecular flexibility index (Phi) is 5.89. The summed E-state index contributed by atoms with van der Waals surface area (Å²) >= 11 is 0. The average molecular weight is 391 g/mol. The molecule has 152 valence electrons. The van der Waals surface area contributed by atoms with Crippen molar-refractivity contribution >= 4 is 16.8 Å². The van der Waals surface area contributed by atoms with Gasteiger partial charge < -0.3 is 14.6 Å². The number of nitrogens with one attached hydrogen (secondary N) is 1. The molecule has 1 unspecified atom stereocenters. The fraction of sp³-hybridized carbons (Fsp3) is 0.400. The van der Waals surface area contributed by atoms with E-state index in [0.29, 0.717) is 12.5 Å². The molecule has 1 aromatic heterocycles. The summed E-state index contributed by atoms with van der Waals surface area (Å²) in [6.07, 6.45) is 8.49. The molecule has 1 heterocycles. The van der Waals surface area contributed by atoms with Crippen molar-refractivity contribution < 1.29 is 9.53 Å². The first-order valence-corrected chi connectivity index (χ1v) is 10.6. The molecule has 0 spiro atoms. The molecular formula is C25H30N2O2. The van der Waals surface area contributed by atoms with E-state index in [0.717, 1.165) is 24.2 Å². The number of ether oxygens (including phenoxy) is 1. The fourth-order valence-electron chi connectivity index (χ4n) is 4.71. The summed E-state index contributed by atoms with van der Waals surface area (Å²) in [6.45, 7) is 0. The van der Waals surface area contributed by atoms with Crippen LogP contribution in [0.25, 0.3) is 10.9 Å². The number of benzene rings is 2. The maximum atomic E-state index is 13.1. The Hall–Kier alpha value is -2.75. The van der Waals surface area contributed by atoms with Gasteiger partial charge in [0.05, 0.1) is 7.11 Å². The number of nitrogens with zero attached hydrogens (tertiary/aromatic N) is 1. The number of para-hydroxylation sites is 2. The SMILES string of the molecule is COc1ccccc1C(CC(=O)NC1CCCCC1)c1cn(C)c2ccccc12. The monoisotopic (exact) mass is 390 g/mol. The lowest BCUT2D eigenvalue weighted by molar-refractivity contribution is -0.122. The van der Waals surface area contributed by atoms with Crippen molar-refractivity contribution in [2.24, 2.45) is 7.05 Å². The first-order valence-electron chi connectivity index (χ1n) is 10.6. The van der Waals surface area contributed by atoms with E-state index >= 15 is 0 Å². The number of rotatable bonds is 6. The second-order valence-electron chi connectivity index (χ2n) is 8.11. The number of amides is 1. The van der Waals surface area contributed by atoms with E-state index in [1.165, 1.54) is 35.7 Å². The van der Waals surface area contributed by atoms with Gasteiger partial charge in [-0.15, -0.1) is 0 Å². The van der Waals surface area contributed by atoms with Crippen LogP contribution in [0.4, 0.5) is 0 Å². The third-order valence-electron chi connectivity index (χ3n) is 6.18. The minimum Gasteiger partial charge on any atom is -0.496 e. The highest BCUT2D eigenvalue weighted by Gasteiger charge is 2.26. The third-order valence-corrected chi connectivity index (χ3v) is 6.18. The zero-order valence-corrected chi connectivity index (χ0v) is 17.4. The maximum Gasteiger partial charge on any atom is 0.221 e. The van der Waals surface area contributed by atoms with Gasteiger partial charge in [0.25, 0.3) is 0 Å². The van der Waals surface area contributed by atoms with Crippen LogP contribution in [0.5, 0.6) is 5.75 Å². The van der Waals surface area contributed by atoms with Gasteiger partial charge in [0.15, 0.2) is 0 Å². The van der Waals surface area contributed by atoms with Crippen molar-refractivity contribution in [1.29, 1.82) is 0 Å². The van der Waals surface area contributed by atoms with Gasteiger partial charge in [0.1, 0.15) is 5.75 Å². The molecule has 3 aromatic rings. The molecule has 4 heteroatoms. The predicted octanol–water partition coefficient (Wildman–Crippen LogP) is 5.16. The molecule has 4 nitrogen and oxygen atoms in total. The molecule has 1 amide bonds. The van der Waals surface area contributed by atoms with Crippen molar-refractivity contribution in [3.05, 3.63) is 65.9 Å². The van der Waals surface area contributed by atoms with Crippen molar-refractivity contribution in [2.45, 2.75) is 50.5 Å². The Balaban J connectivity index is 1.70. The minimum absolute atomic E-state index is 0.0548. The maximum absolute atomic E-state index is 13.1. The molecular weight excluding hydrogens is 360 g/mol. The van der Waals surface area contributed by atoms with Crippen molar-refractivity contribution in [2.75, 3.05) is 7.11 Å². The first kappa shape index (κ1) is 19.6. The molecule has 29 heavy (non-hydrogen) atoms. The molecule has 0 saturated heterocycles. The number of carbonyl (C=O) groups excluding carboxylic acids is 1. The molecule has 0 aliphatic heterocycles. The molecule has 1 aliphatic rings. The number of aryl methyl sites for hydroxylation is 1. The summed E-state index contributed by atoms with van der Waals surface area (Å²) in [5, 5.41) is 4.49. The lowest BCUT2D eigenvalue weighted by Gasteiger charge is -2.25. The van der Waals surface area contributed by atoms with Gasteiger partial charge in [-0.1, -0.05) is 55.7 Å². The molecule has 1 N–H and O–H groups in total. The highest BCUT2D eigenvalue weighted by atomic mass is 16.5. The van der Waals surface area contributed by atoms with Gasteiger partial charge in [-0.25, -0.2) is 0 Å². The molecule has 1 atom stereocenters. The van der Waals surface area contributed by atoms with Crippen LogP contribution in [0, 0.1) is 0 Å². The molecule has 4 rings (SSSR count). The topological polar surface area (TPSA) is 43.3 Å². The van der Waals surface area contributed by atoms with Gasteiger partial charge in [0.2, 0.25) is 5.91 Å². The smallest absolute Gasteiger partial charge is 0.221 e. The summed E-state index contributed by atoms with van der Waals surface area (Å²) < 4.78 is 7.80. The Morgan fingerprint density at radius 2 is 1.79 bits per heavy atom. The van der Waals surface area contributed by atoms with Gasteiger partial charge in [-0.2, -0.15) is 0 Å². The lowest BCUT2D eigenvalue weighted by atomic mass is 9.87. The number of carbonyl (C=O) groups is 1. The fourth-order valence-corrected chi connectivity index (χ4v) is 4.71. The Morgan fingerprint density at radius 1 is 1.07 bits per heavy atom. The third kappa shape index (κ3) is 4.16. The number of hydrogen-bond acceptors (Lipinski definition) is 2. The minimum atomic E-state index is -0.0548. The van der Waals surface area contributed by atoms with Gasteiger partial charge in [-0.05, 0) is 30.5 Å². The number of hydrogen-bond donors (Lipinski definition) is 1. The molecule has 0 radical (unpaired) electrons. The van der Waals surface area contributed by atoms with E-state index in [-0.39, 0.29) is 11.8 Å². The zero-order chi connectivity index (χ0) is 20.2. The quantitative estimate of drug-likeness (QED) is 0.632. The average Bonchev–Trinajstić information content (AvgIpc) is 3.09. The normalized spacial score (nSPS) is 15.9. The number of methoxy groups -OCH3 is 1. The summed E-state index contributed by atoms with van der Waals surface area (Å²) in [5.41, 5.74) is 3.41. The first-order chi connectivity index (χ1) is 14.2. The Bertz CT molecular complexity index is 985.